The minimum Gasteiger partial charge on any atom is -0.726 e. The van der Waals surface area contributed by atoms with Crippen LogP contribution in [0.3, 0.4) is 0 Å². The van der Waals surface area contributed by atoms with Crippen molar-refractivity contribution in [1.29, 1.82) is 0 Å². The number of carbonyl (C=O) groups excluding carboxylic acids is 1. The first-order valence-corrected chi connectivity index (χ1v) is 10.8. The number of rotatable bonds is 4. The van der Waals surface area contributed by atoms with Gasteiger partial charge in [0.2, 0.25) is 10.4 Å². The summed E-state index contributed by atoms with van der Waals surface area (Å²) in [6, 6.07) is 0. The van der Waals surface area contributed by atoms with Gasteiger partial charge in [-0.1, -0.05) is 20.8 Å². The lowest BCUT2D eigenvalue weighted by molar-refractivity contribution is -0.910. The normalized spacial score (nSPS) is 33.9. The van der Waals surface area contributed by atoms with Gasteiger partial charge in [-0.05, 0) is 30.6 Å². The van der Waals surface area contributed by atoms with Crippen LogP contribution in [0.25, 0.3) is 0 Å². The highest BCUT2D eigenvalue weighted by atomic mass is 32.3. The highest BCUT2D eigenvalue weighted by Gasteiger charge is 2.63. The summed E-state index contributed by atoms with van der Waals surface area (Å²) in [6.45, 7) is 10.8. The van der Waals surface area contributed by atoms with Crippen LogP contribution in [-0.4, -0.2) is 76.5 Å². The van der Waals surface area contributed by atoms with Gasteiger partial charge in [-0.25, -0.2) is 13.2 Å². The molecule has 8 nitrogen and oxygen atoms in total. The molecule has 2 bridgehead atoms. The second kappa shape index (κ2) is 7.94. The lowest BCUT2D eigenvalue weighted by Crippen LogP contribution is -2.55. The Bertz CT molecular complexity index is 642. The summed E-state index contributed by atoms with van der Waals surface area (Å²) in [6.07, 6.45) is 3.67. The molecule has 1 aliphatic heterocycles. The van der Waals surface area contributed by atoms with E-state index in [1.807, 2.05) is 0 Å². The van der Waals surface area contributed by atoms with Crippen molar-refractivity contribution in [3.8, 4) is 0 Å². The predicted octanol–water partition coefficient (Wildman–Crippen LogP) is 1.31. The lowest BCUT2D eigenvalue weighted by Gasteiger charge is -2.40. The monoisotopic (exact) mass is 407 g/mol. The van der Waals surface area contributed by atoms with E-state index in [0.29, 0.717) is 17.9 Å². The number of ether oxygens (including phenoxy) is 2. The van der Waals surface area contributed by atoms with Gasteiger partial charge in [-0.3, -0.25) is 4.18 Å². The molecule has 3 unspecified atom stereocenters. The number of carbonyl (C=O) groups is 1. The summed E-state index contributed by atoms with van der Waals surface area (Å²) < 4.78 is 43.1. The van der Waals surface area contributed by atoms with Crippen LogP contribution in [0.2, 0.25) is 0 Å². The Morgan fingerprint density at radius 3 is 2.22 bits per heavy atom. The number of hydrogen-bond acceptors (Lipinski definition) is 7. The van der Waals surface area contributed by atoms with Crippen LogP contribution >= 0.6 is 0 Å². The van der Waals surface area contributed by atoms with Crippen LogP contribution in [0, 0.1) is 16.7 Å². The number of fused-ring (bicyclic) bond motifs is 2. The van der Waals surface area contributed by atoms with Gasteiger partial charge in [-0.15, -0.1) is 0 Å². The molecule has 3 atom stereocenters. The first kappa shape index (κ1) is 22.5. The van der Waals surface area contributed by atoms with E-state index in [4.69, 9.17) is 9.47 Å². The summed E-state index contributed by atoms with van der Waals surface area (Å²) >= 11 is 0. The van der Waals surface area contributed by atoms with E-state index in [1.165, 1.54) is 12.8 Å². The molecule has 1 heterocycles. The smallest absolute Gasteiger partial charge is 0.362 e. The largest absolute Gasteiger partial charge is 0.726 e. The van der Waals surface area contributed by atoms with E-state index in [1.54, 1.807) is 0 Å². The third kappa shape index (κ3) is 5.00. The van der Waals surface area contributed by atoms with Gasteiger partial charge < -0.3 is 18.5 Å². The molecule has 2 saturated carbocycles. The Morgan fingerprint density at radius 1 is 1.26 bits per heavy atom. The van der Waals surface area contributed by atoms with Crippen molar-refractivity contribution in [3.05, 3.63) is 0 Å². The van der Waals surface area contributed by atoms with Crippen molar-refractivity contribution in [2.45, 2.75) is 46.1 Å². The zero-order valence-corrected chi connectivity index (χ0v) is 17.8. The average molecular weight is 408 g/mol. The van der Waals surface area contributed by atoms with Gasteiger partial charge >= 0.3 is 5.97 Å². The third-order valence-corrected chi connectivity index (χ3v) is 7.66. The molecular formula is C18H33NO7S. The maximum Gasteiger partial charge on any atom is 0.362 e. The van der Waals surface area contributed by atoms with Gasteiger partial charge in [0.15, 0.2) is 6.54 Å². The second-order valence-electron chi connectivity index (χ2n) is 9.00. The van der Waals surface area contributed by atoms with Gasteiger partial charge in [0.05, 0.1) is 27.4 Å². The topological polar surface area (TPSA) is 102 Å². The molecule has 27 heavy (non-hydrogen) atoms. The standard InChI is InChI=1S/C17H30NO3.CH4O4S/c1-16(2)13-5-6-17(16,3)14(11-13)21-15(19)12-18(4)7-9-20-10-8-18;1-5-6(2,3)4/h13-14H,5-12H2,1-4H3;1H3,(H,2,3,4)/q+1;/p-1. The highest BCUT2D eigenvalue weighted by Crippen LogP contribution is 2.66. The fraction of sp³-hybridized carbons (Fsp3) is 0.944. The first-order valence-electron chi connectivity index (χ1n) is 9.45. The molecule has 3 fully saturated rings. The summed E-state index contributed by atoms with van der Waals surface area (Å²) in [7, 11) is -1.47. The van der Waals surface area contributed by atoms with E-state index >= 15 is 0 Å². The molecule has 2 aliphatic carbocycles. The molecule has 158 valence electrons. The van der Waals surface area contributed by atoms with Crippen LogP contribution in [0.4, 0.5) is 0 Å². The maximum atomic E-state index is 12.4. The SMILES string of the molecule is CC1(C)C2CCC1(C)C(OC(=O)C[N+]1(C)CCOCC1)C2.COS(=O)(=O)[O-]. The minimum atomic E-state index is -4.41. The number of morpholine rings is 1. The Morgan fingerprint density at radius 2 is 1.81 bits per heavy atom. The van der Waals surface area contributed by atoms with Gasteiger partial charge in [-0.2, -0.15) is 0 Å². The molecule has 9 heteroatoms. The number of hydrogen-bond donors (Lipinski definition) is 0. The van der Waals surface area contributed by atoms with Crippen molar-refractivity contribution >= 4 is 16.4 Å². The summed E-state index contributed by atoms with van der Waals surface area (Å²) in [5, 5.41) is 0. The Kier molecular flexibility index (Phi) is 6.63. The maximum absolute atomic E-state index is 12.4. The molecule has 0 aromatic heterocycles. The van der Waals surface area contributed by atoms with Crippen molar-refractivity contribution in [1.82, 2.24) is 0 Å². The van der Waals surface area contributed by atoms with E-state index in [-0.39, 0.29) is 17.5 Å². The average Bonchev–Trinajstić information content (AvgIpc) is 2.88. The predicted molar refractivity (Wildman–Crippen MR) is 97.4 cm³/mol. The van der Waals surface area contributed by atoms with E-state index in [2.05, 4.69) is 32.0 Å². The molecule has 0 aromatic rings. The Balaban J connectivity index is 0.000000380. The van der Waals surface area contributed by atoms with E-state index in [9.17, 15) is 17.8 Å². The molecule has 0 spiro atoms. The molecular weight excluding hydrogens is 374 g/mol. The van der Waals surface area contributed by atoms with Gasteiger partial charge in [0, 0.05) is 5.41 Å². The molecule has 3 rings (SSSR count). The molecule has 3 aliphatic rings. The number of nitrogens with zero attached hydrogens (tertiary/aromatic N) is 1. The van der Waals surface area contributed by atoms with Crippen molar-refractivity contribution < 1.29 is 35.9 Å². The van der Waals surface area contributed by atoms with Gasteiger partial charge in [0.1, 0.15) is 19.2 Å². The summed E-state index contributed by atoms with van der Waals surface area (Å²) in [4.78, 5) is 12.4. The number of likely N-dealkylation sites (N-methyl/N-ethyl adjacent to an activating group) is 1. The van der Waals surface area contributed by atoms with Crippen LogP contribution in [0.15, 0.2) is 0 Å². The summed E-state index contributed by atoms with van der Waals surface area (Å²) in [5.74, 6) is 0.697. The zero-order valence-electron chi connectivity index (χ0n) is 17.0. The van der Waals surface area contributed by atoms with Crippen LogP contribution in [0.5, 0.6) is 0 Å². The minimum absolute atomic E-state index is 0.0195. The highest BCUT2D eigenvalue weighted by molar-refractivity contribution is 7.80. The zero-order chi connectivity index (χ0) is 20.5. The van der Waals surface area contributed by atoms with E-state index in [0.717, 1.165) is 44.3 Å². The second-order valence-corrected chi connectivity index (χ2v) is 10.2. The molecule has 0 aromatic carbocycles. The van der Waals surface area contributed by atoms with Crippen molar-refractivity contribution in [2.75, 3.05) is 47.0 Å². The Labute approximate surface area is 162 Å². The van der Waals surface area contributed by atoms with Crippen molar-refractivity contribution in [2.24, 2.45) is 16.7 Å². The fourth-order valence-corrected chi connectivity index (χ4v) is 4.76. The van der Waals surface area contributed by atoms with Gasteiger partial charge in [0.25, 0.3) is 0 Å². The van der Waals surface area contributed by atoms with E-state index < -0.39 is 10.4 Å². The lowest BCUT2D eigenvalue weighted by atomic mass is 9.70. The number of quaternary nitrogens is 1. The molecule has 0 radical (unpaired) electrons. The molecule has 0 amide bonds. The molecule has 0 N–H and O–H groups in total. The summed E-state index contributed by atoms with van der Waals surface area (Å²) in [5.41, 5.74) is 0.465. The van der Waals surface area contributed by atoms with Crippen LogP contribution < -0.4 is 0 Å². The Hall–Kier alpha value is -0.740. The van der Waals surface area contributed by atoms with Crippen LogP contribution in [0.1, 0.15) is 40.0 Å². The van der Waals surface area contributed by atoms with Crippen molar-refractivity contribution in [3.63, 3.8) is 0 Å². The fourth-order valence-electron chi connectivity index (χ4n) is 4.76. The quantitative estimate of drug-likeness (QED) is 0.300. The van der Waals surface area contributed by atoms with Crippen LogP contribution in [-0.2, 0) is 28.9 Å². The number of esters is 1. The molecule has 1 saturated heterocycles. The third-order valence-electron chi connectivity index (χ3n) is 7.25. The first-order chi connectivity index (χ1) is 12.3.